The molecule has 2 aromatic carbocycles. The van der Waals surface area contributed by atoms with Gasteiger partial charge in [-0.3, -0.25) is 9.59 Å². The van der Waals surface area contributed by atoms with Crippen LogP contribution in [0.25, 0.3) is 0 Å². The van der Waals surface area contributed by atoms with Crippen molar-refractivity contribution in [2.24, 2.45) is 5.10 Å². The Bertz CT molecular complexity index is 824. The molecule has 0 aliphatic carbocycles. The Morgan fingerprint density at radius 3 is 2.77 bits per heavy atom. The van der Waals surface area contributed by atoms with Crippen molar-refractivity contribution in [3.63, 3.8) is 0 Å². The van der Waals surface area contributed by atoms with Crippen molar-refractivity contribution < 1.29 is 19.4 Å². The van der Waals surface area contributed by atoms with Crippen molar-refractivity contribution >= 4 is 29.6 Å². The van der Waals surface area contributed by atoms with Gasteiger partial charge in [-0.05, 0) is 35.9 Å². The lowest BCUT2D eigenvalue weighted by Gasteiger charge is -2.06. The summed E-state index contributed by atoms with van der Waals surface area (Å²) in [5, 5.41) is 16.3. The lowest BCUT2D eigenvalue weighted by atomic mass is 10.2. The molecule has 0 saturated heterocycles. The van der Waals surface area contributed by atoms with Crippen molar-refractivity contribution in [3.8, 4) is 11.5 Å². The molecule has 26 heavy (non-hydrogen) atoms. The van der Waals surface area contributed by atoms with Crippen molar-refractivity contribution in [3.05, 3.63) is 58.6 Å². The largest absolute Gasteiger partial charge is 0.504 e. The summed E-state index contributed by atoms with van der Waals surface area (Å²) in [4.78, 5) is 23.7. The summed E-state index contributed by atoms with van der Waals surface area (Å²) >= 11 is 5.93. The molecule has 2 aromatic rings. The maximum Gasteiger partial charge on any atom is 0.252 e. The van der Waals surface area contributed by atoms with Gasteiger partial charge in [-0.15, -0.1) is 0 Å². The third kappa shape index (κ3) is 5.49. The number of amides is 2. The topological polar surface area (TPSA) is 100 Å². The first-order valence-corrected chi connectivity index (χ1v) is 8.10. The van der Waals surface area contributed by atoms with Gasteiger partial charge in [0.05, 0.1) is 23.9 Å². The van der Waals surface area contributed by atoms with Gasteiger partial charge in [0.1, 0.15) is 0 Å². The summed E-state index contributed by atoms with van der Waals surface area (Å²) in [6.07, 6.45) is 1.48. The molecule has 0 unspecified atom stereocenters. The molecule has 136 valence electrons. The second-order valence-corrected chi connectivity index (χ2v) is 5.62. The zero-order chi connectivity index (χ0) is 18.9. The summed E-state index contributed by atoms with van der Waals surface area (Å²) in [6.45, 7) is 0.151. The van der Waals surface area contributed by atoms with E-state index in [1.165, 1.54) is 19.4 Å². The fraction of sp³-hybridized carbons (Fsp3) is 0.167. The first-order valence-electron chi connectivity index (χ1n) is 7.73. The molecule has 0 aliphatic rings. The molecule has 0 aliphatic heterocycles. The quantitative estimate of drug-likeness (QED) is 0.510. The van der Waals surface area contributed by atoms with Crippen LogP contribution in [0.5, 0.6) is 11.5 Å². The number of hydrazone groups is 1. The number of benzene rings is 2. The maximum absolute atomic E-state index is 11.9. The SMILES string of the molecule is COc1cc(C=NNC(=O)CCNC(=O)c2ccccc2Cl)ccc1O. The van der Waals surface area contributed by atoms with Gasteiger partial charge in [0.25, 0.3) is 5.91 Å². The lowest BCUT2D eigenvalue weighted by Crippen LogP contribution is -2.29. The molecule has 8 heteroatoms. The summed E-state index contributed by atoms with van der Waals surface area (Å²) in [5.74, 6) is -0.375. The van der Waals surface area contributed by atoms with Crippen LogP contribution in [0.1, 0.15) is 22.3 Å². The van der Waals surface area contributed by atoms with Crippen molar-refractivity contribution in [2.45, 2.75) is 6.42 Å². The minimum absolute atomic E-state index is 0.0166. The Morgan fingerprint density at radius 1 is 1.27 bits per heavy atom. The molecule has 0 radical (unpaired) electrons. The van der Waals surface area contributed by atoms with Crippen molar-refractivity contribution in [1.82, 2.24) is 10.7 Å². The van der Waals surface area contributed by atoms with E-state index in [-0.39, 0.29) is 30.5 Å². The molecular weight excluding hydrogens is 358 g/mol. The van der Waals surface area contributed by atoms with Crippen LogP contribution in [0.2, 0.25) is 5.02 Å². The molecule has 0 saturated carbocycles. The number of halogens is 1. The van der Waals surface area contributed by atoms with E-state index in [0.29, 0.717) is 21.9 Å². The number of ether oxygens (including phenoxy) is 1. The van der Waals surface area contributed by atoms with Crippen molar-refractivity contribution in [2.75, 3.05) is 13.7 Å². The Kier molecular flexibility index (Phi) is 6.99. The molecule has 0 atom stereocenters. The molecule has 0 spiro atoms. The van der Waals surface area contributed by atoms with Gasteiger partial charge in [0.2, 0.25) is 5.91 Å². The van der Waals surface area contributed by atoms with E-state index < -0.39 is 0 Å². The van der Waals surface area contributed by atoms with Crippen LogP contribution in [0.3, 0.4) is 0 Å². The predicted molar refractivity (Wildman–Crippen MR) is 98.8 cm³/mol. The van der Waals surface area contributed by atoms with Gasteiger partial charge in [-0.2, -0.15) is 5.10 Å². The molecule has 0 aromatic heterocycles. The first kappa shape index (κ1) is 19.3. The number of rotatable bonds is 7. The summed E-state index contributed by atoms with van der Waals surface area (Å²) in [7, 11) is 1.44. The molecule has 0 heterocycles. The van der Waals surface area contributed by atoms with Crippen LogP contribution in [0.4, 0.5) is 0 Å². The Hall–Kier alpha value is -3.06. The molecule has 2 rings (SSSR count). The van der Waals surface area contributed by atoms with Gasteiger partial charge in [0.15, 0.2) is 11.5 Å². The van der Waals surface area contributed by atoms with Gasteiger partial charge >= 0.3 is 0 Å². The van der Waals surface area contributed by atoms with Crippen molar-refractivity contribution in [1.29, 1.82) is 0 Å². The van der Waals surface area contributed by atoms with Gasteiger partial charge < -0.3 is 15.2 Å². The van der Waals surface area contributed by atoms with E-state index in [9.17, 15) is 14.7 Å². The fourth-order valence-corrected chi connectivity index (χ4v) is 2.26. The van der Waals surface area contributed by atoms with Gasteiger partial charge in [-0.25, -0.2) is 5.43 Å². The zero-order valence-corrected chi connectivity index (χ0v) is 14.8. The van der Waals surface area contributed by atoms with Crippen LogP contribution >= 0.6 is 11.6 Å². The molecule has 0 fully saturated rings. The highest BCUT2D eigenvalue weighted by Crippen LogP contribution is 2.25. The summed E-state index contributed by atoms with van der Waals surface area (Å²) in [6, 6.07) is 11.3. The highest BCUT2D eigenvalue weighted by atomic mass is 35.5. The monoisotopic (exact) mass is 375 g/mol. The van der Waals surface area contributed by atoms with Crippen LogP contribution in [0.15, 0.2) is 47.6 Å². The van der Waals surface area contributed by atoms with E-state index in [1.807, 2.05) is 0 Å². The number of hydrogen-bond acceptors (Lipinski definition) is 5. The maximum atomic E-state index is 11.9. The number of aromatic hydroxyl groups is 1. The molecule has 0 bridgehead atoms. The van der Waals surface area contributed by atoms with Crippen LogP contribution in [-0.4, -0.2) is 36.8 Å². The van der Waals surface area contributed by atoms with Crippen LogP contribution in [-0.2, 0) is 4.79 Å². The van der Waals surface area contributed by atoms with E-state index in [1.54, 1.807) is 36.4 Å². The lowest BCUT2D eigenvalue weighted by molar-refractivity contribution is -0.120. The summed E-state index contributed by atoms with van der Waals surface area (Å²) < 4.78 is 4.98. The van der Waals surface area contributed by atoms with E-state index >= 15 is 0 Å². The number of carbonyl (C=O) groups is 2. The third-order valence-corrected chi connectivity index (χ3v) is 3.69. The predicted octanol–water partition coefficient (Wildman–Crippen LogP) is 2.32. The Labute approximate surface area is 155 Å². The molecule has 7 nitrogen and oxygen atoms in total. The van der Waals surface area contributed by atoms with Crippen LogP contribution in [0, 0.1) is 0 Å². The van der Waals surface area contributed by atoms with Crippen LogP contribution < -0.4 is 15.5 Å². The average Bonchev–Trinajstić information content (AvgIpc) is 2.63. The van der Waals surface area contributed by atoms with Gasteiger partial charge in [-0.1, -0.05) is 23.7 Å². The second kappa shape index (κ2) is 9.43. The van der Waals surface area contributed by atoms with Gasteiger partial charge in [0, 0.05) is 13.0 Å². The fourth-order valence-electron chi connectivity index (χ4n) is 2.04. The number of phenols is 1. The number of methoxy groups -OCH3 is 1. The number of nitrogens with zero attached hydrogens (tertiary/aromatic N) is 1. The minimum Gasteiger partial charge on any atom is -0.504 e. The highest BCUT2D eigenvalue weighted by Gasteiger charge is 2.09. The first-order chi connectivity index (χ1) is 12.5. The third-order valence-electron chi connectivity index (χ3n) is 3.36. The molecular formula is C18H18ClN3O4. The standard InChI is InChI=1S/C18H18ClN3O4/c1-26-16-10-12(6-7-15(16)23)11-21-22-17(24)8-9-20-18(25)13-4-2-3-5-14(13)19/h2-7,10-11,23H,8-9H2,1H3,(H,20,25)(H,22,24). The summed E-state index contributed by atoms with van der Waals surface area (Å²) in [5.41, 5.74) is 3.36. The van der Waals surface area contributed by atoms with E-state index in [4.69, 9.17) is 16.3 Å². The molecule has 2 amide bonds. The number of hydrogen-bond donors (Lipinski definition) is 3. The average molecular weight is 376 g/mol. The zero-order valence-electron chi connectivity index (χ0n) is 14.0. The van der Waals surface area contributed by atoms with E-state index in [0.717, 1.165) is 0 Å². The second-order valence-electron chi connectivity index (χ2n) is 5.21. The number of nitrogens with one attached hydrogen (secondary N) is 2. The number of phenolic OH excluding ortho intramolecular Hbond substituents is 1. The highest BCUT2D eigenvalue weighted by molar-refractivity contribution is 6.33. The Morgan fingerprint density at radius 2 is 2.04 bits per heavy atom. The minimum atomic E-state index is -0.355. The number of carbonyl (C=O) groups excluding carboxylic acids is 2. The normalized spacial score (nSPS) is 10.5. The van der Waals surface area contributed by atoms with E-state index in [2.05, 4.69) is 15.8 Å². The Balaban J connectivity index is 1.77. The smallest absolute Gasteiger partial charge is 0.252 e. The molecule has 3 N–H and O–H groups in total.